The van der Waals surface area contributed by atoms with Crippen molar-refractivity contribution in [2.45, 2.75) is 0 Å². The van der Waals surface area contributed by atoms with E-state index in [-0.39, 0.29) is 27.0 Å². The van der Waals surface area contributed by atoms with Crippen molar-refractivity contribution in [3.05, 3.63) is 57.8 Å². The van der Waals surface area contributed by atoms with Crippen LogP contribution in [-0.2, 0) is 0 Å². The van der Waals surface area contributed by atoms with Crippen LogP contribution in [0.2, 0.25) is 0 Å². The van der Waals surface area contributed by atoms with Crippen LogP contribution in [-0.4, -0.2) is 22.1 Å². The number of carbonyl (C=O) groups is 2. The van der Waals surface area contributed by atoms with Crippen LogP contribution < -0.4 is 5.32 Å². The second-order valence-corrected chi connectivity index (χ2v) is 4.89. The van der Waals surface area contributed by atoms with E-state index in [0.29, 0.717) is 0 Å². The minimum atomic E-state index is -1.20. The second kappa shape index (κ2) is 5.92. The summed E-state index contributed by atoms with van der Waals surface area (Å²) in [5, 5.41) is 20.9. The molecular formula is C14H9BrFNO4. The molecule has 7 heteroatoms. The number of phenolic OH excluding ortho intramolecular Hbond substituents is 1. The Labute approximate surface area is 127 Å². The Morgan fingerprint density at radius 1 is 1.19 bits per heavy atom. The summed E-state index contributed by atoms with van der Waals surface area (Å²) in [5.41, 5.74) is -0.146. The van der Waals surface area contributed by atoms with Crippen LogP contribution >= 0.6 is 15.9 Å². The smallest absolute Gasteiger partial charge is 0.335 e. The quantitative estimate of drug-likeness (QED) is 0.739. The van der Waals surface area contributed by atoms with Gasteiger partial charge in [-0.25, -0.2) is 9.18 Å². The van der Waals surface area contributed by atoms with Crippen molar-refractivity contribution >= 4 is 33.5 Å². The van der Waals surface area contributed by atoms with Gasteiger partial charge in [0.1, 0.15) is 11.6 Å². The molecule has 3 N–H and O–H groups in total. The number of hydrogen-bond donors (Lipinski definition) is 3. The summed E-state index contributed by atoms with van der Waals surface area (Å²) in [6.45, 7) is 0. The third kappa shape index (κ3) is 3.19. The molecule has 0 spiro atoms. The van der Waals surface area contributed by atoms with Crippen molar-refractivity contribution in [1.29, 1.82) is 0 Å². The molecule has 21 heavy (non-hydrogen) atoms. The number of anilines is 1. The van der Waals surface area contributed by atoms with E-state index < -0.39 is 17.7 Å². The fraction of sp³-hybridized carbons (Fsp3) is 0. The first kappa shape index (κ1) is 15.0. The monoisotopic (exact) mass is 353 g/mol. The predicted octanol–water partition coefficient (Wildman–Crippen LogP) is 3.24. The SMILES string of the molecule is O=C(O)c1ccc(O)c(NC(=O)c2cccc(F)c2Br)c1. The van der Waals surface area contributed by atoms with Crippen LogP contribution in [0.5, 0.6) is 5.75 Å². The minimum Gasteiger partial charge on any atom is -0.506 e. The van der Waals surface area contributed by atoms with E-state index in [9.17, 15) is 19.1 Å². The summed E-state index contributed by atoms with van der Waals surface area (Å²) >= 11 is 2.96. The molecule has 0 unspecified atom stereocenters. The second-order valence-electron chi connectivity index (χ2n) is 4.09. The van der Waals surface area contributed by atoms with E-state index in [2.05, 4.69) is 21.2 Å². The highest BCUT2D eigenvalue weighted by Crippen LogP contribution is 2.27. The maximum absolute atomic E-state index is 13.4. The highest BCUT2D eigenvalue weighted by molar-refractivity contribution is 9.10. The fourth-order valence-electron chi connectivity index (χ4n) is 1.64. The number of carbonyl (C=O) groups excluding carboxylic acids is 1. The first-order valence-corrected chi connectivity index (χ1v) is 6.51. The lowest BCUT2D eigenvalue weighted by Crippen LogP contribution is -2.13. The van der Waals surface area contributed by atoms with E-state index >= 15 is 0 Å². The molecule has 0 saturated heterocycles. The van der Waals surface area contributed by atoms with E-state index in [4.69, 9.17) is 5.11 Å². The van der Waals surface area contributed by atoms with Crippen molar-refractivity contribution in [2.75, 3.05) is 5.32 Å². The minimum absolute atomic E-state index is 0.0172. The average molecular weight is 354 g/mol. The van der Waals surface area contributed by atoms with Gasteiger partial charge in [0, 0.05) is 0 Å². The Morgan fingerprint density at radius 2 is 1.90 bits per heavy atom. The molecule has 0 fully saturated rings. The Bertz CT molecular complexity index is 733. The van der Waals surface area contributed by atoms with Crippen molar-refractivity contribution in [1.82, 2.24) is 0 Å². The molecule has 1 amide bonds. The lowest BCUT2D eigenvalue weighted by molar-refractivity contribution is 0.0696. The van der Waals surface area contributed by atoms with Gasteiger partial charge < -0.3 is 15.5 Å². The molecule has 5 nitrogen and oxygen atoms in total. The highest BCUT2D eigenvalue weighted by Gasteiger charge is 2.15. The Hall–Kier alpha value is -2.41. The molecule has 108 valence electrons. The van der Waals surface area contributed by atoms with Gasteiger partial charge in [-0.3, -0.25) is 4.79 Å². The third-order valence-electron chi connectivity index (χ3n) is 2.69. The number of benzene rings is 2. The van der Waals surface area contributed by atoms with Gasteiger partial charge in [-0.1, -0.05) is 6.07 Å². The zero-order chi connectivity index (χ0) is 15.6. The van der Waals surface area contributed by atoms with E-state index in [1.54, 1.807) is 0 Å². The number of aromatic carboxylic acids is 1. The van der Waals surface area contributed by atoms with E-state index in [1.165, 1.54) is 24.3 Å². The lowest BCUT2D eigenvalue weighted by Gasteiger charge is -2.09. The molecule has 0 aromatic heterocycles. The molecule has 0 heterocycles. The summed E-state index contributed by atoms with van der Waals surface area (Å²) in [6.07, 6.45) is 0. The number of aromatic hydroxyl groups is 1. The zero-order valence-electron chi connectivity index (χ0n) is 10.4. The van der Waals surface area contributed by atoms with Gasteiger partial charge in [0.05, 0.1) is 21.3 Å². The summed E-state index contributed by atoms with van der Waals surface area (Å²) in [7, 11) is 0. The molecule has 0 aliphatic heterocycles. The highest BCUT2D eigenvalue weighted by atomic mass is 79.9. The van der Waals surface area contributed by atoms with Crippen LogP contribution in [0, 0.1) is 5.82 Å². The van der Waals surface area contributed by atoms with Gasteiger partial charge in [-0.2, -0.15) is 0 Å². The number of carboxylic acids is 1. The molecule has 0 aliphatic carbocycles. The maximum atomic E-state index is 13.4. The normalized spacial score (nSPS) is 10.2. The molecule has 0 bridgehead atoms. The molecular weight excluding hydrogens is 345 g/mol. The topological polar surface area (TPSA) is 86.6 Å². The molecule has 2 aromatic carbocycles. The summed E-state index contributed by atoms with van der Waals surface area (Å²) < 4.78 is 13.4. The van der Waals surface area contributed by atoms with Crippen LogP contribution in [0.4, 0.5) is 10.1 Å². The summed E-state index contributed by atoms with van der Waals surface area (Å²) in [6, 6.07) is 7.40. The molecule has 0 radical (unpaired) electrons. The zero-order valence-corrected chi connectivity index (χ0v) is 12.0. The van der Waals surface area contributed by atoms with Crippen molar-refractivity contribution in [3.63, 3.8) is 0 Å². The largest absolute Gasteiger partial charge is 0.506 e. The van der Waals surface area contributed by atoms with Crippen molar-refractivity contribution < 1.29 is 24.2 Å². The van der Waals surface area contributed by atoms with Crippen molar-refractivity contribution in [3.8, 4) is 5.75 Å². The van der Waals surface area contributed by atoms with Crippen LogP contribution in [0.3, 0.4) is 0 Å². The van der Waals surface area contributed by atoms with Gasteiger partial charge in [-0.15, -0.1) is 0 Å². The summed E-state index contributed by atoms with van der Waals surface area (Å²) in [5.74, 6) is -2.77. The van der Waals surface area contributed by atoms with E-state index in [0.717, 1.165) is 12.1 Å². The predicted molar refractivity (Wildman–Crippen MR) is 77.1 cm³/mol. The molecule has 0 atom stereocenters. The van der Waals surface area contributed by atoms with Gasteiger partial charge in [0.2, 0.25) is 0 Å². The molecule has 2 aromatic rings. The van der Waals surface area contributed by atoms with Gasteiger partial charge >= 0.3 is 5.97 Å². The standard InChI is InChI=1S/C14H9BrFNO4/c15-12-8(2-1-3-9(12)16)13(19)17-10-6-7(14(20)21)4-5-11(10)18/h1-6,18H,(H,17,19)(H,20,21). The third-order valence-corrected chi connectivity index (χ3v) is 3.49. The fourth-order valence-corrected chi connectivity index (χ4v) is 2.08. The number of carboxylic acid groups (broad SMARTS) is 1. The van der Waals surface area contributed by atoms with Crippen molar-refractivity contribution in [2.24, 2.45) is 0 Å². The van der Waals surface area contributed by atoms with Crippen LogP contribution in [0.1, 0.15) is 20.7 Å². The maximum Gasteiger partial charge on any atom is 0.335 e. The Balaban J connectivity index is 2.33. The van der Waals surface area contributed by atoms with Crippen LogP contribution in [0.15, 0.2) is 40.9 Å². The van der Waals surface area contributed by atoms with Gasteiger partial charge in [-0.05, 0) is 46.3 Å². The first-order valence-electron chi connectivity index (χ1n) is 5.72. The van der Waals surface area contributed by atoms with Gasteiger partial charge in [0.15, 0.2) is 0 Å². The Morgan fingerprint density at radius 3 is 2.57 bits per heavy atom. The number of amides is 1. The number of halogens is 2. The average Bonchev–Trinajstić information content (AvgIpc) is 2.43. The summed E-state index contributed by atoms with van der Waals surface area (Å²) in [4.78, 5) is 22.9. The number of phenols is 1. The number of nitrogens with one attached hydrogen (secondary N) is 1. The molecule has 0 aliphatic rings. The Kier molecular flexibility index (Phi) is 4.23. The molecule has 2 rings (SSSR count). The molecule has 0 saturated carbocycles. The lowest BCUT2D eigenvalue weighted by atomic mass is 10.1. The van der Waals surface area contributed by atoms with E-state index in [1.807, 2.05) is 0 Å². The van der Waals surface area contributed by atoms with Crippen LogP contribution in [0.25, 0.3) is 0 Å². The number of hydrogen-bond acceptors (Lipinski definition) is 3. The first-order chi connectivity index (χ1) is 9.90. The number of rotatable bonds is 3. The van der Waals surface area contributed by atoms with Gasteiger partial charge in [0.25, 0.3) is 5.91 Å².